The van der Waals surface area contributed by atoms with Gasteiger partial charge in [-0.1, -0.05) is 0 Å². The van der Waals surface area contributed by atoms with E-state index in [-0.39, 0.29) is 7.12 Å². The number of carbonyl (C=O) groups is 1. The van der Waals surface area contributed by atoms with E-state index < -0.39 is 5.24 Å². The first-order valence-corrected chi connectivity index (χ1v) is 4.05. The third kappa shape index (κ3) is 1.38. The van der Waals surface area contributed by atoms with E-state index in [9.17, 15) is 4.79 Å². The van der Waals surface area contributed by atoms with Crippen LogP contribution in [0.4, 0.5) is 0 Å². The second kappa shape index (κ2) is 3.11. The number of halogens is 1. The standard InChI is InChI=1S/C9H5ClN2O/c10-9(13)8-7-2-3-11-5-6(7)1-4-12-8/h1-5H/p+1. The number of fused-ring (bicyclic) bond motifs is 1. The zero-order valence-electron chi connectivity index (χ0n) is 7.57. The van der Waals surface area contributed by atoms with Crippen LogP contribution in [-0.4, -0.2) is 15.2 Å². The summed E-state index contributed by atoms with van der Waals surface area (Å²) >= 11 is 5.36. The molecule has 4 heteroatoms. The highest BCUT2D eigenvalue weighted by atomic mass is 35.5. The lowest BCUT2D eigenvalue weighted by atomic mass is 10.2. The summed E-state index contributed by atoms with van der Waals surface area (Å²) < 4.78 is 0. The van der Waals surface area contributed by atoms with Crippen LogP contribution in [0, 0.1) is 0 Å². The zero-order valence-corrected chi connectivity index (χ0v) is 7.32. The number of hydrogen-bond donors (Lipinski definition) is 0. The normalized spacial score (nSPS) is 10.2. The van der Waals surface area contributed by atoms with E-state index in [1.807, 2.05) is 0 Å². The molecule has 0 unspecified atom stereocenters. The summed E-state index contributed by atoms with van der Waals surface area (Å²) in [4.78, 5) is 18.8. The van der Waals surface area contributed by atoms with E-state index in [4.69, 9.17) is 11.6 Å². The summed E-state index contributed by atoms with van der Waals surface area (Å²) in [5.41, 5.74) is 0.279. The van der Waals surface area contributed by atoms with Gasteiger partial charge in [0, 0.05) is 29.4 Å². The first kappa shape index (κ1) is 8.13. The average molecular weight is 194 g/mol. The van der Waals surface area contributed by atoms with Crippen LogP contribution < -0.4 is 0 Å². The van der Waals surface area contributed by atoms with Crippen molar-refractivity contribution in [3.63, 3.8) is 0 Å². The molecule has 2 aromatic rings. The molecule has 64 valence electrons. The first-order chi connectivity index (χ1) is 6.29. The van der Waals surface area contributed by atoms with Crippen LogP contribution in [0.25, 0.3) is 10.8 Å². The van der Waals surface area contributed by atoms with E-state index in [1.54, 1.807) is 30.7 Å². The SMILES string of the molecule is O=C(Cl)c1nccc2cnccc12.[H+]. The molecule has 0 radical (unpaired) electrons. The minimum absolute atomic E-state index is 0. The lowest BCUT2D eigenvalue weighted by Crippen LogP contribution is -1.94. The monoisotopic (exact) mass is 193 g/mol. The van der Waals surface area contributed by atoms with Gasteiger partial charge in [-0.05, 0) is 23.7 Å². The Morgan fingerprint density at radius 1 is 1.38 bits per heavy atom. The molecule has 0 amide bonds. The fourth-order valence-corrected chi connectivity index (χ4v) is 1.32. The van der Waals surface area contributed by atoms with Crippen LogP contribution in [0.5, 0.6) is 0 Å². The summed E-state index contributed by atoms with van der Waals surface area (Å²) in [6, 6.07) is 3.50. The maximum absolute atomic E-state index is 10.9. The Bertz CT molecular complexity index is 470. The fourth-order valence-electron chi connectivity index (χ4n) is 1.17. The molecular weight excluding hydrogens is 188 g/mol. The summed E-state index contributed by atoms with van der Waals surface area (Å²) in [7, 11) is 0. The Labute approximate surface area is 80.9 Å². The predicted molar refractivity (Wildman–Crippen MR) is 50.8 cm³/mol. The summed E-state index contributed by atoms with van der Waals surface area (Å²) in [5, 5.41) is 1.05. The van der Waals surface area contributed by atoms with E-state index in [1.165, 1.54) is 0 Å². The van der Waals surface area contributed by atoms with Gasteiger partial charge in [-0.25, -0.2) is 0 Å². The molecule has 0 bridgehead atoms. The molecule has 3 nitrogen and oxygen atoms in total. The van der Waals surface area contributed by atoms with Crippen molar-refractivity contribution in [2.75, 3.05) is 0 Å². The number of aromatic nitrogens is 2. The molecule has 0 saturated heterocycles. The van der Waals surface area contributed by atoms with Crippen molar-refractivity contribution in [1.82, 2.24) is 9.97 Å². The van der Waals surface area contributed by atoms with Gasteiger partial charge >= 0.3 is 1.43 Å². The predicted octanol–water partition coefficient (Wildman–Crippen LogP) is 2.12. The lowest BCUT2D eigenvalue weighted by Gasteiger charge is -1.98. The van der Waals surface area contributed by atoms with Gasteiger partial charge in [0.15, 0.2) is 0 Å². The maximum Gasteiger partial charge on any atom is 1.00 e. The molecule has 0 fully saturated rings. The van der Waals surface area contributed by atoms with Gasteiger partial charge in [0.25, 0.3) is 5.24 Å². The second-order valence-corrected chi connectivity index (χ2v) is 2.87. The smallest absolute Gasteiger partial charge is 0.274 e. The quantitative estimate of drug-likeness (QED) is 0.652. The Hall–Kier alpha value is -1.48. The molecule has 0 saturated carbocycles. The number of nitrogens with zero attached hydrogens (tertiary/aromatic N) is 2. The van der Waals surface area contributed by atoms with Crippen LogP contribution in [0.3, 0.4) is 0 Å². The Kier molecular flexibility index (Phi) is 1.94. The maximum atomic E-state index is 10.9. The van der Waals surface area contributed by atoms with Crippen LogP contribution >= 0.6 is 11.6 Å². The molecule has 0 aromatic carbocycles. The third-order valence-corrected chi connectivity index (χ3v) is 1.93. The van der Waals surface area contributed by atoms with E-state index in [2.05, 4.69) is 9.97 Å². The minimum atomic E-state index is -0.545. The zero-order chi connectivity index (χ0) is 9.26. The Balaban J connectivity index is 0.000000980. The minimum Gasteiger partial charge on any atom is -0.274 e. The molecule has 2 heterocycles. The van der Waals surface area contributed by atoms with Crippen LogP contribution in [0.15, 0.2) is 30.7 Å². The summed E-state index contributed by atoms with van der Waals surface area (Å²) in [6.45, 7) is 0. The number of carbonyl (C=O) groups excluding carboxylic acids is 1. The highest BCUT2D eigenvalue weighted by Gasteiger charge is 2.07. The van der Waals surface area contributed by atoms with Crippen molar-refractivity contribution >= 4 is 27.6 Å². The average Bonchev–Trinajstić information content (AvgIpc) is 2.17. The van der Waals surface area contributed by atoms with Gasteiger partial charge in [-0.3, -0.25) is 14.8 Å². The largest absolute Gasteiger partial charge is 1.00 e. The molecular formula is C9H6ClN2O+. The summed E-state index contributed by atoms with van der Waals surface area (Å²) in [6.07, 6.45) is 4.81. The van der Waals surface area contributed by atoms with Gasteiger partial charge in [-0.15, -0.1) is 0 Å². The van der Waals surface area contributed by atoms with Crippen molar-refractivity contribution < 1.29 is 6.22 Å². The molecule has 0 N–H and O–H groups in total. The van der Waals surface area contributed by atoms with Crippen LogP contribution in [-0.2, 0) is 0 Å². The van der Waals surface area contributed by atoms with Gasteiger partial charge in [-0.2, -0.15) is 0 Å². The van der Waals surface area contributed by atoms with Crippen molar-refractivity contribution in [2.24, 2.45) is 0 Å². The van der Waals surface area contributed by atoms with E-state index in [0.717, 1.165) is 10.8 Å². The molecule has 13 heavy (non-hydrogen) atoms. The van der Waals surface area contributed by atoms with Crippen molar-refractivity contribution in [3.05, 3.63) is 36.4 Å². The third-order valence-electron chi connectivity index (χ3n) is 1.75. The van der Waals surface area contributed by atoms with Gasteiger partial charge < -0.3 is 0 Å². The number of rotatable bonds is 1. The van der Waals surface area contributed by atoms with Gasteiger partial charge in [0.05, 0.1) is 0 Å². The topological polar surface area (TPSA) is 42.9 Å². The molecule has 2 aromatic heterocycles. The molecule has 0 spiro atoms. The molecule has 0 atom stereocenters. The lowest BCUT2D eigenvalue weighted by molar-refractivity contribution is 0.107. The number of pyridine rings is 2. The van der Waals surface area contributed by atoms with Gasteiger partial charge in [0.2, 0.25) is 0 Å². The molecule has 2 rings (SSSR count). The Morgan fingerprint density at radius 2 is 2.23 bits per heavy atom. The fraction of sp³-hybridized carbons (Fsp3) is 0. The van der Waals surface area contributed by atoms with Crippen molar-refractivity contribution in [3.8, 4) is 0 Å². The number of hydrogen-bond acceptors (Lipinski definition) is 3. The highest BCUT2D eigenvalue weighted by molar-refractivity contribution is 6.68. The van der Waals surface area contributed by atoms with Gasteiger partial charge in [0.1, 0.15) is 5.69 Å². The molecule has 0 aliphatic carbocycles. The summed E-state index contributed by atoms with van der Waals surface area (Å²) in [5.74, 6) is 0. The Morgan fingerprint density at radius 3 is 3.00 bits per heavy atom. The molecule has 0 aliphatic heterocycles. The highest BCUT2D eigenvalue weighted by Crippen LogP contribution is 2.16. The van der Waals surface area contributed by atoms with E-state index >= 15 is 0 Å². The first-order valence-electron chi connectivity index (χ1n) is 3.67. The van der Waals surface area contributed by atoms with Crippen molar-refractivity contribution in [2.45, 2.75) is 0 Å². The van der Waals surface area contributed by atoms with Crippen molar-refractivity contribution in [1.29, 1.82) is 0 Å². The molecule has 0 aliphatic rings. The van der Waals surface area contributed by atoms with Crippen LogP contribution in [0.1, 0.15) is 11.9 Å². The van der Waals surface area contributed by atoms with Crippen LogP contribution in [0.2, 0.25) is 0 Å². The second-order valence-electron chi connectivity index (χ2n) is 2.53. The van der Waals surface area contributed by atoms with E-state index in [0.29, 0.717) is 0 Å².